The maximum Gasteiger partial charge on any atom is 3.00 e. The van der Waals surface area contributed by atoms with Crippen molar-refractivity contribution < 1.29 is 22.4 Å². The van der Waals surface area contributed by atoms with E-state index in [1.54, 1.807) is 0 Å². The monoisotopic (exact) mass is 425 g/mol. The summed E-state index contributed by atoms with van der Waals surface area (Å²) in [5.74, 6) is 0. The van der Waals surface area contributed by atoms with Crippen molar-refractivity contribution in [1.29, 1.82) is 0 Å². The number of aromatic nitrogens is 2. The molecule has 0 aliphatic heterocycles. The average molecular weight is 425 g/mol. The molecule has 0 spiro atoms. The number of aromatic amines is 2. The Balaban J connectivity index is 0.00000162. The van der Waals surface area contributed by atoms with Crippen LogP contribution in [0.5, 0.6) is 0 Å². The van der Waals surface area contributed by atoms with E-state index in [2.05, 4.69) is 20.0 Å². The molecule has 0 saturated carbocycles. The van der Waals surface area contributed by atoms with Gasteiger partial charge in [-0.1, -0.05) is 0 Å². The van der Waals surface area contributed by atoms with Gasteiger partial charge < -0.3 is 9.97 Å². The minimum atomic E-state index is 0. The van der Waals surface area contributed by atoms with E-state index < -0.39 is 0 Å². The Kier molecular flexibility index (Phi) is 7.10. The molecule has 0 aliphatic carbocycles. The molecule has 2 aromatic heterocycles. The van der Waals surface area contributed by atoms with Crippen molar-refractivity contribution in [2.75, 3.05) is 13.1 Å². The number of hydrogen-bond acceptors (Lipinski definition) is 2. The predicted octanol–water partition coefficient (Wildman–Crippen LogP) is 2.27. The number of H-pyrrole nitrogens is 2. The van der Waals surface area contributed by atoms with E-state index >= 15 is 0 Å². The Morgan fingerprint density at radius 1 is 0.889 bits per heavy atom. The van der Waals surface area contributed by atoms with Gasteiger partial charge in [0.25, 0.3) is 0 Å². The smallest absolute Gasteiger partial charge is 0.360 e. The molecular weight excluding hydrogens is 409 g/mol. The molecule has 0 aliphatic rings. The minimum Gasteiger partial charge on any atom is -0.360 e. The maximum atomic E-state index is 4.31. The number of nitrogens with zero attached hydrogens (tertiary/aromatic N) is 2. The first-order valence-corrected chi connectivity index (χ1v) is 5.71. The van der Waals surface area contributed by atoms with Crippen LogP contribution in [-0.2, 0) is 22.4 Å². The van der Waals surface area contributed by atoms with Crippen LogP contribution in [0.15, 0.2) is 46.6 Å². The fourth-order valence-electron chi connectivity index (χ4n) is 1.43. The minimum absolute atomic E-state index is 0. The van der Waals surface area contributed by atoms with Gasteiger partial charge in [-0.15, -0.1) is 0 Å². The van der Waals surface area contributed by atoms with Crippen LogP contribution >= 0.6 is 0 Å². The second-order valence-electron chi connectivity index (χ2n) is 3.68. The van der Waals surface area contributed by atoms with Crippen LogP contribution in [0, 0.1) is 0 Å². The fourth-order valence-corrected chi connectivity index (χ4v) is 1.43. The molecule has 2 N–H and O–H groups in total. The van der Waals surface area contributed by atoms with E-state index in [0.29, 0.717) is 0 Å². The first-order chi connectivity index (χ1) is 8.45. The zero-order valence-corrected chi connectivity index (χ0v) is 12.1. The Bertz CT molecular complexity index is 413. The molecule has 5 heteroatoms. The van der Waals surface area contributed by atoms with Crippen LogP contribution in [0.4, 0.5) is 0 Å². The van der Waals surface area contributed by atoms with E-state index in [1.165, 1.54) is 0 Å². The quantitative estimate of drug-likeness (QED) is 0.406. The van der Waals surface area contributed by atoms with Gasteiger partial charge in [0.1, 0.15) is 0 Å². The molecule has 0 aromatic carbocycles. The van der Waals surface area contributed by atoms with Gasteiger partial charge in [-0.2, -0.15) is 0 Å². The summed E-state index contributed by atoms with van der Waals surface area (Å²) < 4.78 is 0. The Morgan fingerprint density at radius 3 is 1.78 bits per heavy atom. The molecule has 2 aromatic rings. The van der Waals surface area contributed by atoms with Gasteiger partial charge in [0.2, 0.25) is 0 Å². The number of rotatable bonds is 6. The summed E-state index contributed by atoms with van der Waals surface area (Å²) in [6.07, 6.45) is 8.46. The molecule has 0 radical (unpaired) electrons. The topological polar surface area (TPSA) is 56.3 Å². The van der Waals surface area contributed by atoms with E-state index in [0.717, 1.165) is 30.9 Å². The summed E-state index contributed by atoms with van der Waals surface area (Å²) in [7, 11) is 0. The maximum absolute atomic E-state index is 4.31. The van der Waals surface area contributed by atoms with Crippen molar-refractivity contribution in [3.63, 3.8) is 0 Å². The third-order valence-corrected chi connectivity index (χ3v) is 2.28. The number of nitrogens with one attached hydrogen (secondary N) is 2. The van der Waals surface area contributed by atoms with Crippen LogP contribution in [0.1, 0.15) is 17.8 Å². The number of aliphatic imine (C=N–C) groups is 2. The zero-order valence-electron chi connectivity index (χ0n) is 9.94. The second-order valence-corrected chi connectivity index (χ2v) is 3.68. The van der Waals surface area contributed by atoms with Crippen molar-refractivity contribution in [2.45, 2.75) is 6.42 Å². The van der Waals surface area contributed by atoms with Crippen molar-refractivity contribution in [2.24, 2.45) is 9.98 Å². The molecule has 0 atom stereocenters. The molecule has 0 bridgehead atoms. The summed E-state index contributed by atoms with van der Waals surface area (Å²) in [5.41, 5.74) is 2.08. The molecule has 96 valence electrons. The van der Waals surface area contributed by atoms with Gasteiger partial charge in [0.05, 0.1) is 11.4 Å². The molecule has 0 fully saturated rings. The van der Waals surface area contributed by atoms with E-state index in [1.807, 2.05) is 49.1 Å². The van der Waals surface area contributed by atoms with Crippen LogP contribution in [0.3, 0.4) is 0 Å². The Labute approximate surface area is 122 Å². The normalized spacial score (nSPS) is 11.1. The average Bonchev–Trinajstić information content (AvgIpc) is 3.00. The van der Waals surface area contributed by atoms with Gasteiger partial charge in [-0.3, -0.25) is 9.98 Å². The van der Waals surface area contributed by atoms with Crippen LogP contribution < -0.4 is 0 Å². The first-order valence-electron chi connectivity index (χ1n) is 5.71. The SMILES string of the molecule is C(=NCCCN=Cc1ccc[nH]1)c1ccc[nH]1.[Au+3]. The van der Waals surface area contributed by atoms with Gasteiger partial charge in [-0.05, 0) is 30.7 Å². The predicted molar refractivity (Wildman–Crippen MR) is 71.1 cm³/mol. The summed E-state index contributed by atoms with van der Waals surface area (Å²) in [6.45, 7) is 1.61. The standard InChI is InChI=1S/C13H16N4.Au/c1-4-12(16-8-1)10-14-6-3-7-15-11-13-5-2-9-17-13;/h1-2,4-5,8-11,16-17H,3,6-7H2;/q;+3. The van der Waals surface area contributed by atoms with E-state index in [9.17, 15) is 0 Å². The van der Waals surface area contributed by atoms with Crippen molar-refractivity contribution in [1.82, 2.24) is 9.97 Å². The van der Waals surface area contributed by atoms with Crippen molar-refractivity contribution >= 4 is 12.4 Å². The first kappa shape index (κ1) is 14.7. The molecule has 0 saturated heterocycles. The van der Waals surface area contributed by atoms with Crippen LogP contribution in [0.25, 0.3) is 0 Å². The zero-order chi connectivity index (χ0) is 11.8. The largest absolute Gasteiger partial charge is 3.00 e. The van der Waals surface area contributed by atoms with Gasteiger partial charge in [0, 0.05) is 37.9 Å². The second kappa shape index (κ2) is 8.69. The van der Waals surface area contributed by atoms with Crippen molar-refractivity contribution in [3.05, 3.63) is 48.0 Å². The molecule has 18 heavy (non-hydrogen) atoms. The van der Waals surface area contributed by atoms with Gasteiger partial charge in [-0.25, -0.2) is 0 Å². The Morgan fingerprint density at radius 2 is 1.39 bits per heavy atom. The molecule has 4 nitrogen and oxygen atoms in total. The molecule has 0 unspecified atom stereocenters. The third kappa shape index (κ3) is 5.31. The summed E-state index contributed by atoms with van der Waals surface area (Å²) >= 11 is 0. The fraction of sp³-hybridized carbons (Fsp3) is 0.231. The summed E-state index contributed by atoms with van der Waals surface area (Å²) in [4.78, 5) is 14.8. The number of hydrogen-bond donors (Lipinski definition) is 2. The van der Waals surface area contributed by atoms with Gasteiger partial charge in [0.15, 0.2) is 0 Å². The van der Waals surface area contributed by atoms with Crippen molar-refractivity contribution in [3.8, 4) is 0 Å². The van der Waals surface area contributed by atoms with Gasteiger partial charge >= 0.3 is 22.4 Å². The van der Waals surface area contributed by atoms with E-state index in [4.69, 9.17) is 0 Å². The molecular formula is C13H16AuN4+3. The third-order valence-electron chi connectivity index (χ3n) is 2.28. The van der Waals surface area contributed by atoms with Crippen LogP contribution in [-0.4, -0.2) is 35.5 Å². The molecule has 2 heterocycles. The van der Waals surface area contributed by atoms with Crippen LogP contribution in [0.2, 0.25) is 0 Å². The summed E-state index contributed by atoms with van der Waals surface area (Å²) in [5, 5.41) is 0. The Hall–Kier alpha value is -1.36. The molecule has 0 amide bonds. The van der Waals surface area contributed by atoms with E-state index in [-0.39, 0.29) is 22.4 Å². The molecule has 2 rings (SSSR count). The summed E-state index contributed by atoms with van der Waals surface area (Å²) in [6, 6.07) is 7.91.